The van der Waals surface area contributed by atoms with Crippen LogP contribution in [0.15, 0.2) is 24.3 Å². The van der Waals surface area contributed by atoms with Gasteiger partial charge in [0.05, 0.1) is 6.61 Å². The average Bonchev–Trinajstić information content (AvgIpc) is 2.27. The van der Waals surface area contributed by atoms with E-state index in [0.29, 0.717) is 6.54 Å². The van der Waals surface area contributed by atoms with Crippen LogP contribution in [0.3, 0.4) is 0 Å². The third kappa shape index (κ3) is 2.63. The molecule has 0 saturated heterocycles. The van der Waals surface area contributed by atoms with Gasteiger partial charge in [-0.25, -0.2) is 0 Å². The first-order valence-electron chi connectivity index (χ1n) is 5.75. The van der Waals surface area contributed by atoms with Crippen LogP contribution in [0.25, 0.3) is 0 Å². The minimum Gasteiger partial charge on any atom is -0.395 e. The molecule has 0 heterocycles. The Labute approximate surface area is 98.5 Å². The second kappa shape index (κ2) is 4.56. The Morgan fingerprint density at radius 1 is 1.00 bits per heavy atom. The number of benzene rings is 1. The van der Waals surface area contributed by atoms with Gasteiger partial charge < -0.3 is 10.8 Å². The number of hydrogen-bond acceptors (Lipinski definition) is 2. The van der Waals surface area contributed by atoms with Crippen molar-refractivity contribution >= 4 is 0 Å². The van der Waals surface area contributed by atoms with Gasteiger partial charge in [0.15, 0.2) is 0 Å². The van der Waals surface area contributed by atoms with Gasteiger partial charge in [0, 0.05) is 12.0 Å². The highest BCUT2D eigenvalue weighted by Crippen LogP contribution is 2.26. The summed E-state index contributed by atoms with van der Waals surface area (Å²) in [5, 5.41) is 9.39. The van der Waals surface area contributed by atoms with E-state index in [1.54, 1.807) is 0 Å². The maximum Gasteiger partial charge on any atom is 0.0537 e. The molecule has 1 atom stereocenters. The first kappa shape index (κ1) is 13.2. The minimum atomic E-state index is -0.323. The van der Waals surface area contributed by atoms with Crippen molar-refractivity contribution in [2.45, 2.75) is 38.5 Å². The fraction of sp³-hybridized carbons (Fsp3) is 0.571. The maximum atomic E-state index is 9.39. The third-order valence-electron chi connectivity index (χ3n) is 3.25. The van der Waals surface area contributed by atoms with Crippen molar-refractivity contribution in [3.63, 3.8) is 0 Å². The topological polar surface area (TPSA) is 46.2 Å². The van der Waals surface area contributed by atoms with Crippen molar-refractivity contribution in [1.82, 2.24) is 0 Å². The summed E-state index contributed by atoms with van der Waals surface area (Å²) in [6.45, 7) is 9.10. The normalized spacial score (nSPS) is 15.9. The standard InChI is InChI=1S/C14H23NO/c1-13(2,3)11-5-7-12(8-6-11)14(4,9-15)10-16/h5-8,16H,9-10,15H2,1-4H3. The molecule has 0 aliphatic heterocycles. The predicted octanol–water partition coefficient (Wildman–Crippen LogP) is 2.19. The van der Waals surface area contributed by atoms with E-state index in [4.69, 9.17) is 5.73 Å². The lowest BCUT2D eigenvalue weighted by molar-refractivity contribution is 0.210. The monoisotopic (exact) mass is 221 g/mol. The lowest BCUT2D eigenvalue weighted by atomic mass is 9.80. The highest BCUT2D eigenvalue weighted by molar-refractivity contribution is 5.32. The molecule has 0 aliphatic carbocycles. The molecular formula is C14H23NO. The van der Waals surface area contributed by atoms with Crippen LogP contribution in [0.1, 0.15) is 38.8 Å². The van der Waals surface area contributed by atoms with E-state index < -0.39 is 0 Å². The van der Waals surface area contributed by atoms with Crippen LogP contribution in [0.5, 0.6) is 0 Å². The molecule has 1 aromatic carbocycles. The van der Waals surface area contributed by atoms with E-state index in [1.807, 2.05) is 6.92 Å². The van der Waals surface area contributed by atoms with E-state index >= 15 is 0 Å². The summed E-state index contributed by atoms with van der Waals surface area (Å²) in [5.74, 6) is 0. The van der Waals surface area contributed by atoms with E-state index in [0.717, 1.165) is 5.56 Å². The number of aliphatic hydroxyl groups excluding tert-OH is 1. The quantitative estimate of drug-likeness (QED) is 0.822. The van der Waals surface area contributed by atoms with E-state index in [2.05, 4.69) is 45.0 Å². The smallest absolute Gasteiger partial charge is 0.0537 e. The van der Waals surface area contributed by atoms with Crippen LogP contribution in [-0.4, -0.2) is 18.3 Å². The molecule has 0 aromatic heterocycles. The van der Waals surface area contributed by atoms with E-state index in [9.17, 15) is 5.11 Å². The summed E-state index contributed by atoms with van der Waals surface area (Å²) in [5.41, 5.74) is 7.96. The summed E-state index contributed by atoms with van der Waals surface area (Å²) >= 11 is 0. The fourth-order valence-electron chi connectivity index (χ4n) is 1.65. The molecule has 0 aliphatic rings. The van der Waals surface area contributed by atoms with Gasteiger partial charge in [-0.05, 0) is 16.5 Å². The minimum absolute atomic E-state index is 0.0817. The van der Waals surface area contributed by atoms with Crippen LogP contribution in [0.2, 0.25) is 0 Å². The highest BCUT2D eigenvalue weighted by Gasteiger charge is 2.24. The van der Waals surface area contributed by atoms with Crippen molar-refractivity contribution in [2.24, 2.45) is 5.73 Å². The molecule has 0 fully saturated rings. The molecular weight excluding hydrogens is 198 g/mol. The molecule has 16 heavy (non-hydrogen) atoms. The van der Waals surface area contributed by atoms with E-state index in [-0.39, 0.29) is 17.4 Å². The van der Waals surface area contributed by atoms with E-state index in [1.165, 1.54) is 5.56 Å². The Morgan fingerprint density at radius 3 is 1.75 bits per heavy atom. The zero-order valence-electron chi connectivity index (χ0n) is 10.7. The summed E-state index contributed by atoms with van der Waals surface area (Å²) in [4.78, 5) is 0. The number of hydrogen-bond donors (Lipinski definition) is 2. The maximum absolute atomic E-state index is 9.39. The van der Waals surface area contributed by atoms with Crippen LogP contribution in [-0.2, 0) is 10.8 Å². The molecule has 2 nitrogen and oxygen atoms in total. The zero-order valence-corrected chi connectivity index (χ0v) is 10.7. The molecule has 0 amide bonds. The van der Waals surface area contributed by atoms with Crippen LogP contribution in [0.4, 0.5) is 0 Å². The molecule has 90 valence electrons. The molecule has 0 radical (unpaired) electrons. The SMILES string of the molecule is CC(C)(C)c1ccc(C(C)(CN)CO)cc1. The molecule has 0 spiro atoms. The van der Waals surface area contributed by atoms with Crippen LogP contribution >= 0.6 is 0 Å². The van der Waals surface area contributed by atoms with Crippen molar-refractivity contribution in [2.75, 3.05) is 13.2 Å². The number of rotatable bonds is 3. The summed E-state index contributed by atoms with van der Waals surface area (Å²) in [6, 6.07) is 8.39. The van der Waals surface area contributed by atoms with Gasteiger partial charge >= 0.3 is 0 Å². The zero-order chi connectivity index (χ0) is 12.4. The molecule has 1 rings (SSSR count). The van der Waals surface area contributed by atoms with Crippen LogP contribution in [0, 0.1) is 0 Å². The highest BCUT2D eigenvalue weighted by atomic mass is 16.3. The number of aliphatic hydroxyl groups is 1. The predicted molar refractivity (Wildman–Crippen MR) is 68.6 cm³/mol. The molecule has 2 heteroatoms. The van der Waals surface area contributed by atoms with Gasteiger partial charge in [0.2, 0.25) is 0 Å². The van der Waals surface area contributed by atoms with Crippen molar-refractivity contribution in [3.05, 3.63) is 35.4 Å². The second-order valence-corrected chi connectivity index (χ2v) is 5.75. The van der Waals surface area contributed by atoms with Crippen molar-refractivity contribution in [3.8, 4) is 0 Å². The van der Waals surface area contributed by atoms with Crippen LogP contribution < -0.4 is 5.73 Å². The first-order chi connectivity index (χ1) is 7.33. The van der Waals surface area contributed by atoms with Gasteiger partial charge in [-0.1, -0.05) is 52.0 Å². The van der Waals surface area contributed by atoms with Gasteiger partial charge in [0.25, 0.3) is 0 Å². The number of nitrogens with two attached hydrogens (primary N) is 1. The van der Waals surface area contributed by atoms with Gasteiger partial charge in [-0.3, -0.25) is 0 Å². The van der Waals surface area contributed by atoms with Gasteiger partial charge in [-0.15, -0.1) is 0 Å². The summed E-state index contributed by atoms with van der Waals surface area (Å²) in [6.07, 6.45) is 0. The lowest BCUT2D eigenvalue weighted by Gasteiger charge is -2.27. The Bertz CT molecular complexity index is 331. The molecule has 0 bridgehead atoms. The molecule has 1 aromatic rings. The molecule has 0 saturated carbocycles. The Balaban J connectivity index is 3.04. The van der Waals surface area contributed by atoms with Crippen molar-refractivity contribution < 1.29 is 5.11 Å². The summed E-state index contributed by atoms with van der Waals surface area (Å²) < 4.78 is 0. The third-order valence-corrected chi connectivity index (χ3v) is 3.25. The summed E-state index contributed by atoms with van der Waals surface area (Å²) in [7, 11) is 0. The Morgan fingerprint density at radius 2 is 1.44 bits per heavy atom. The average molecular weight is 221 g/mol. The lowest BCUT2D eigenvalue weighted by Crippen LogP contribution is -2.35. The molecule has 3 N–H and O–H groups in total. The molecule has 1 unspecified atom stereocenters. The van der Waals surface area contributed by atoms with Gasteiger partial charge in [0.1, 0.15) is 0 Å². The largest absolute Gasteiger partial charge is 0.395 e. The second-order valence-electron chi connectivity index (χ2n) is 5.75. The van der Waals surface area contributed by atoms with Gasteiger partial charge in [-0.2, -0.15) is 0 Å². The Kier molecular flexibility index (Phi) is 3.76. The first-order valence-corrected chi connectivity index (χ1v) is 5.75. The van der Waals surface area contributed by atoms with Crippen molar-refractivity contribution in [1.29, 1.82) is 0 Å². The fourth-order valence-corrected chi connectivity index (χ4v) is 1.65. The Hall–Kier alpha value is -0.860.